The Morgan fingerprint density at radius 3 is 2.80 bits per heavy atom. The van der Waals surface area contributed by atoms with Gasteiger partial charge in [0.05, 0.1) is 0 Å². The van der Waals surface area contributed by atoms with Gasteiger partial charge in [-0.15, -0.1) is 5.10 Å². The summed E-state index contributed by atoms with van der Waals surface area (Å²) in [4.78, 5) is 19.1. The molecular formula is C19H25N5O. The number of carbonyl (C=O) groups is 1. The van der Waals surface area contributed by atoms with Gasteiger partial charge in [0.15, 0.2) is 0 Å². The molecule has 4 rings (SSSR count). The van der Waals surface area contributed by atoms with Crippen molar-refractivity contribution in [3.63, 3.8) is 0 Å². The third-order valence-corrected chi connectivity index (χ3v) is 5.37. The summed E-state index contributed by atoms with van der Waals surface area (Å²) in [7, 11) is 0. The minimum absolute atomic E-state index is 0.0925. The zero-order valence-corrected chi connectivity index (χ0v) is 14.9. The van der Waals surface area contributed by atoms with E-state index < -0.39 is 0 Å². The third kappa shape index (κ3) is 3.25. The van der Waals surface area contributed by atoms with Crippen molar-refractivity contribution >= 4 is 12.0 Å². The number of fused-ring (bicyclic) bond motifs is 1. The van der Waals surface area contributed by atoms with E-state index in [-0.39, 0.29) is 12.1 Å². The molecule has 132 valence electrons. The molecule has 0 unspecified atom stereocenters. The molecule has 0 spiro atoms. The van der Waals surface area contributed by atoms with Gasteiger partial charge in [0, 0.05) is 31.5 Å². The summed E-state index contributed by atoms with van der Waals surface area (Å²) in [6.07, 6.45) is 4.21. The van der Waals surface area contributed by atoms with Gasteiger partial charge in [-0.1, -0.05) is 29.8 Å². The van der Waals surface area contributed by atoms with Crippen LogP contribution in [-0.4, -0.2) is 38.3 Å². The highest BCUT2D eigenvalue weighted by Gasteiger charge is 2.33. The fourth-order valence-electron chi connectivity index (χ4n) is 3.90. The van der Waals surface area contributed by atoms with Crippen LogP contribution in [0.5, 0.6) is 0 Å². The predicted molar refractivity (Wildman–Crippen MR) is 96.7 cm³/mol. The molecule has 25 heavy (non-hydrogen) atoms. The van der Waals surface area contributed by atoms with Crippen LogP contribution in [0.3, 0.4) is 0 Å². The van der Waals surface area contributed by atoms with Gasteiger partial charge in [-0.05, 0) is 38.7 Å². The van der Waals surface area contributed by atoms with Gasteiger partial charge < -0.3 is 4.90 Å². The second-order valence-electron chi connectivity index (χ2n) is 7.31. The maximum atomic E-state index is 12.7. The average molecular weight is 339 g/mol. The molecule has 0 aliphatic carbocycles. The number of carbonyl (C=O) groups excluding carboxylic acids is 1. The number of aryl methyl sites for hydroxylation is 3. The lowest BCUT2D eigenvalue weighted by Gasteiger charge is -2.20. The number of hydrogen-bond donors (Lipinski definition) is 1. The number of urea groups is 1. The highest BCUT2D eigenvalue weighted by atomic mass is 16.2. The van der Waals surface area contributed by atoms with Crippen molar-refractivity contribution < 1.29 is 4.79 Å². The van der Waals surface area contributed by atoms with E-state index in [1.807, 2.05) is 9.58 Å². The van der Waals surface area contributed by atoms with Crippen LogP contribution in [0.4, 0.5) is 10.7 Å². The van der Waals surface area contributed by atoms with Gasteiger partial charge in [0.25, 0.3) is 0 Å². The minimum atomic E-state index is -0.0925. The molecule has 1 aromatic heterocycles. The molecule has 6 heteroatoms. The maximum Gasteiger partial charge on any atom is 0.324 e. The molecule has 6 nitrogen and oxygen atoms in total. The van der Waals surface area contributed by atoms with E-state index >= 15 is 0 Å². The molecule has 0 bridgehead atoms. The van der Waals surface area contributed by atoms with E-state index in [0.29, 0.717) is 11.9 Å². The van der Waals surface area contributed by atoms with Crippen LogP contribution in [0.15, 0.2) is 24.3 Å². The van der Waals surface area contributed by atoms with Crippen molar-refractivity contribution in [1.29, 1.82) is 0 Å². The minimum Gasteiger partial charge on any atom is -0.321 e. The number of nitrogens with one attached hydrogen (secondary N) is 1. The van der Waals surface area contributed by atoms with Crippen LogP contribution >= 0.6 is 0 Å². The first-order chi connectivity index (χ1) is 12.1. The highest BCUT2D eigenvalue weighted by molar-refractivity contribution is 5.88. The van der Waals surface area contributed by atoms with Crippen molar-refractivity contribution in [2.45, 2.75) is 58.0 Å². The van der Waals surface area contributed by atoms with E-state index in [4.69, 9.17) is 0 Å². The fourth-order valence-corrected chi connectivity index (χ4v) is 3.90. The summed E-state index contributed by atoms with van der Waals surface area (Å²) in [6, 6.07) is 8.76. The Bertz CT molecular complexity index is 743. The van der Waals surface area contributed by atoms with Crippen LogP contribution in [-0.2, 0) is 13.0 Å². The third-order valence-electron chi connectivity index (χ3n) is 5.37. The lowest BCUT2D eigenvalue weighted by molar-refractivity contribution is 0.209. The summed E-state index contributed by atoms with van der Waals surface area (Å²) < 4.78 is 1.92. The Hall–Kier alpha value is -2.37. The van der Waals surface area contributed by atoms with Crippen molar-refractivity contribution in [1.82, 2.24) is 19.7 Å². The molecule has 0 saturated carbocycles. The number of benzene rings is 1. The quantitative estimate of drug-likeness (QED) is 0.913. The van der Waals surface area contributed by atoms with Crippen molar-refractivity contribution in [2.75, 3.05) is 11.9 Å². The summed E-state index contributed by atoms with van der Waals surface area (Å²) in [5, 5.41) is 7.32. The number of amides is 2. The number of anilines is 1. The largest absolute Gasteiger partial charge is 0.324 e. The molecule has 2 aromatic rings. The molecule has 3 heterocycles. The Balaban J connectivity index is 1.43. The molecule has 2 aliphatic rings. The fraction of sp³-hybridized carbons (Fsp3) is 0.526. The van der Waals surface area contributed by atoms with E-state index in [2.05, 4.69) is 53.5 Å². The molecule has 1 fully saturated rings. The molecule has 0 radical (unpaired) electrons. The standard InChI is InChI=1S/C19H25N5O/c1-13-6-8-15(9-7-13)16-11-14(2)23(12-16)19(25)21-18-20-17-5-3-4-10-24(17)22-18/h6-9,14,16H,3-5,10-12H2,1-2H3,(H,21,22,25)/t14-,16+/m0/s1. The van der Waals surface area contributed by atoms with Gasteiger partial charge in [-0.25, -0.2) is 9.48 Å². The normalized spacial score (nSPS) is 22.7. The topological polar surface area (TPSA) is 63.1 Å². The molecule has 1 saturated heterocycles. The van der Waals surface area contributed by atoms with Gasteiger partial charge in [0.1, 0.15) is 5.82 Å². The summed E-state index contributed by atoms with van der Waals surface area (Å²) in [6.45, 7) is 5.84. The smallest absolute Gasteiger partial charge is 0.321 e. The number of aromatic nitrogens is 3. The van der Waals surface area contributed by atoms with Crippen molar-refractivity contribution in [2.24, 2.45) is 0 Å². The summed E-state index contributed by atoms with van der Waals surface area (Å²) >= 11 is 0. The second kappa shape index (κ2) is 6.50. The van der Waals surface area contributed by atoms with Crippen LogP contribution in [0, 0.1) is 6.92 Å². The number of likely N-dealkylation sites (tertiary alicyclic amines) is 1. The first-order valence-corrected chi connectivity index (χ1v) is 9.18. The molecule has 2 aliphatic heterocycles. The zero-order valence-electron chi connectivity index (χ0n) is 14.9. The Morgan fingerprint density at radius 1 is 1.24 bits per heavy atom. The number of rotatable bonds is 2. The monoisotopic (exact) mass is 339 g/mol. The maximum absolute atomic E-state index is 12.7. The Labute approximate surface area is 148 Å². The van der Waals surface area contributed by atoms with Gasteiger partial charge >= 0.3 is 6.03 Å². The Morgan fingerprint density at radius 2 is 2.04 bits per heavy atom. The number of nitrogens with zero attached hydrogens (tertiary/aromatic N) is 4. The van der Waals surface area contributed by atoms with Gasteiger partial charge in [-0.2, -0.15) is 4.98 Å². The summed E-state index contributed by atoms with van der Waals surface area (Å²) in [5.41, 5.74) is 2.57. The second-order valence-corrected chi connectivity index (χ2v) is 7.31. The molecule has 2 amide bonds. The van der Waals surface area contributed by atoms with Crippen LogP contribution < -0.4 is 5.32 Å². The van der Waals surface area contributed by atoms with Gasteiger partial charge in [-0.3, -0.25) is 5.32 Å². The molecular weight excluding hydrogens is 314 g/mol. The van der Waals surface area contributed by atoms with Crippen molar-refractivity contribution in [3.05, 3.63) is 41.2 Å². The van der Waals surface area contributed by atoms with Crippen LogP contribution in [0.1, 0.15) is 49.1 Å². The van der Waals surface area contributed by atoms with E-state index in [9.17, 15) is 4.79 Å². The lowest BCUT2D eigenvalue weighted by Crippen LogP contribution is -2.37. The van der Waals surface area contributed by atoms with Crippen LogP contribution in [0.2, 0.25) is 0 Å². The molecule has 1 aromatic carbocycles. The molecule has 1 N–H and O–H groups in total. The van der Waals surface area contributed by atoms with E-state index in [1.165, 1.54) is 11.1 Å². The SMILES string of the molecule is Cc1ccc([C@@H]2C[C@H](C)N(C(=O)Nc3nc4n(n3)CCCC4)C2)cc1. The first kappa shape index (κ1) is 16.1. The van der Waals surface area contributed by atoms with Crippen LogP contribution in [0.25, 0.3) is 0 Å². The predicted octanol–water partition coefficient (Wildman–Crippen LogP) is 3.33. The summed E-state index contributed by atoms with van der Waals surface area (Å²) in [5.74, 6) is 1.81. The zero-order chi connectivity index (χ0) is 17.4. The number of hydrogen-bond acceptors (Lipinski definition) is 3. The Kier molecular flexibility index (Phi) is 4.19. The highest BCUT2D eigenvalue weighted by Crippen LogP contribution is 2.32. The van der Waals surface area contributed by atoms with Crippen molar-refractivity contribution in [3.8, 4) is 0 Å². The average Bonchev–Trinajstić information content (AvgIpc) is 3.18. The van der Waals surface area contributed by atoms with E-state index in [1.54, 1.807) is 0 Å². The van der Waals surface area contributed by atoms with Gasteiger partial charge in [0.2, 0.25) is 5.95 Å². The molecule has 2 atom stereocenters. The van der Waals surface area contributed by atoms with E-state index in [0.717, 1.165) is 44.6 Å². The first-order valence-electron chi connectivity index (χ1n) is 9.18. The lowest BCUT2D eigenvalue weighted by atomic mass is 9.96.